The van der Waals surface area contributed by atoms with Gasteiger partial charge in [-0.2, -0.15) is 0 Å². The zero-order chi connectivity index (χ0) is 12.3. The van der Waals surface area contributed by atoms with Crippen molar-refractivity contribution >= 4 is 37.3 Å². The minimum Gasteiger partial charge on any atom is -0.263 e. The van der Waals surface area contributed by atoms with Gasteiger partial charge in [-0.25, -0.2) is 13.1 Å². The van der Waals surface area contributed by atoms with Gasteiger partial charge in [0.25, 0.3) is 0 Å². The predicted octanol–water partition coefficient (Wildman–Crippen LogP) is 2.38. The highest BCUT2D eigenvalue weighted by Gasteiger charge is 2.14. The van der Waals surface area contributed by atoms with Crippen LogP contribution >= 0.6 is 27.3 Å². The monoisotopic (exact) mass is 332 g/mol. The summed E-state index contributed by atoms with van der Waals surface area (Å²) in [4.78, 5) is 4.90. The van der Waals surface area contributed by atoms with Gasteiger partial charge < -0.3 is 0 Å². The van der Waals surface area contributed by atoms with Crippen LogP contribution in [0.5, 0.6) is 0 Å². The van der Waals surface area contributed by atoms with Crippen LogP contribution < -0.4 is 4.72 Å². The highest BCUT2D eigenvalue weighted by molar-refractivity contribution is 9.10. The number of nitrogens with one attached hydrogen (secondary N) is 1. The van der Waals surface area contributed by atoms with Gasteiger partial charge in [-0.3, -0.25) is 4.98 Å². The average molecular weight is 333 g/mol. The standard InChI is InChI=1S/C10H9BrN2O2S2/c11-9-3-5-16-10(9)7-13-17(14,15)8-2-1-4-12-6-8/h1-6,13H,7H2. The third kappa shape index (κ3) is 3.12. The van der Waals surface area contributed by atoms with E-state index in [4.69, 9.17) is 0 Å². The largest absolute Gasteiger partial charge is 0.263 e. The first-order chi connectivity index (χ1) is 8.09. The zero-order valence-corrected chi connectivity index (χ0v) is 11.8. The molecule has 17 heavy (non-hydrogen) atoms. The summed E-state index contributed by atoms with van der Waals surface area (Å²) in [5.74, 6) is 0. The molecule has 0 saturated carbocycles. The number of thiophene rings is 1. The molecule has 4 nitrogen and oxygen atoms in total. The molecule has 2 rings (SSSR count). The maximum Gasteiger partial charge on any atom is 0.242 e. The molecular formula is C10H9BrN2O2S2. The van der Waals surface area contributed by atoms with Gasteiger partial charge in [-0.15, -0.1) is 11.3 Å². The van der Waals surface area contributed by atoms with E-state index >= 15 is 0 Å². The topological polar surface area (TPSA) is 59.1 Å². The minimum absolute atomic E-state index is 0.174. The fourth-order valence-corrected chi connectivity index (χ4v) is 3.68. The summed E-state index contributed by atoms with van der Waals surface area (Å²) in [6.07, 6.45) is 2.86. The van der Waals surface area contributed by atoms with Crippen molar-refractivity contribution in [3.8, 4) is 0 Å². The maximum atomic E-state index is 11.9. The van der Waals surface area contributed by atoms with Gasteiger partial charge in [0.2, 0.25) is 10.0 Å². The summed E-state index contributed by atoms with van der Waals surface area (Å²) in [6, 6.07) is 4.99. The van der Waals surface area contributed by atoms with E-state index in [0.717, 1.165) is 9.35 Å². The minimum atomic E-state index is -3.48. The zero-order valence-electron chi connectivity index (χ0n) is 8.63. The molecule has 7 heteroatoms. The molecule has 0 aliphatic carbocycles. The molecule has 0 aliphatic heterocycles. The van der Waals surface area contributed by atoms with E-state index in [1.54, 1.807) is 6.07 Å². The number of aromatic nitrogens is 1. The van der Waals surface area contributed by atoms with Crippen LogP contribution in [0.15, 0.2) is 45.3 Å². The van der Waals surface area contributed by atoms with Gasteiger partial charge in [0, 0.05) is 28.3 Å². The molecule has 0 fully saturated rings. The van der Waals surface area contributed by atoms with Crippen molar-refractivity contribution in [1.82, 2.24) is 9.71 Å². The van der Waals surface area contributed by atoms with E-state index in [2.05, 4.69) is 25.6 Å². The van der Waals surface area contributed by atoms with Crippen LogP contribution in [0.2, 0.25) is 0 Å². The first kappa shape index (κ1) is 12.7. The second kappa shape index (κ2) is 5.26. The van der Waals surface area contributed by atoms with Gasteiger partial charge in [0.1, 0.15) is 4.90 Å². The van der Waals surface area contributed by atoms with Crippen molar-refractivity contribution < 1.29 is 8.42 Å². The Hall–Kier alpha value is -0.760. The van der Waals surface area contributed by atoms with Crippen molar-refractivity contribution in [2.75, 3.05) is 0 Å². The fourth-order valence-electron chi connectivity index (χ4n) is 1.20. The number of nitrogens with zero attached hydrogens (tertiary/aromatic N) is 1. The van der Waals surface area contributed by atoms with E-state index in [1.165, 1.54) is 29.8 Å². The van der Waals surface area contributed by atoms with Crippen LogP contribution in [0.4, 0.5) is 0 Å². The second-order valence-electron chi connectivity index (χ2n) is 3.20. The smallest absolute Gasteiger partial charge is 0.242 e. The quantitative estimate of drug-likeness (QED) is 0.935. The summed E-state index contributed by atoms with van der Waals surface area (Å²) in [7, 11) is -3.48. The third-order valence-electron chi connectivity index (χ3n) is 2.06. The van der Waals surface area contributed by atoms with Crippen molar-refractivity contribution in [2.24, 2.45) is 0 Å². The lowest BCUT2D eigenvalue weighted by atomic mass is 10.5. The molecule has 0 aliphatic rings. The van der Waals surface area contributed by atoms with Gasteiger partial charge in [-0.1, -0.05) is 0 Å². The lowest BCUT2D eigenvalue weighted by Crippen LogP contribution is -2.23. The average Bonchev–Trinajstić information content (AvgIpc) is 2.74. The van der Waals surface area contributed by atoms with Crippen LogP contribution in [0.3, 0.4) is 0 Å². The molecule has 0 bridgehead atoms. The van der Waals surface area contributed by atoms with E-state index in [-0.39, 0.29) is 11.4 Å². The number of sulfonamides is 1. The SMILES string of the molecule is O=S(=O)(NCc1sccc1Br)c1cccnc1. The van der Waals surface area contributed by atoms with Crippen molar-refractivity contribution in [2.45, 2.75) is 11.4 Å². The number of halogens is 1. The third-order valence-corrected chi connectivity index (χ3v) is 5.37. The summed E-state index contributed by atoms with van der Waals surface area (Å²) < 4.78 is 27.2. The first-order valence-corrected chi connectivity index (χ1v) is 7.87. The highest BCUT2D eigenvalue weighted by atomic mass is 79.9. The van der Waals surface area contributed by atoms with Crippen molar-refractivity contribution in [3.63, 3.8) is 0 Å². The van der Waals surface area contributed by atoms with Crippen LogP contribution in [0, 0.1) is 0 Å². The van der Waals surface area contributed by atoms with E-state index in [0.29, 0.717) is 0 Å². The summed E-state index contributed by atoms with van der Waals surface area (Å²) in [5.41, 5.74) is 0. The second-order valence-corrected chi connectivity index (χ2v) is 6.83. The molecule has 90 valence electrons. The number of pyridine rings is 1. The number of hydrogen-bond donors (Lipinski definition) is 1. The summed E-state index contributed by atoms with van der Waals surface area (Å²) in [5, 5.41) is 1.90. The molecule has 0 spiro atoms. The number of rotatable bonds is 4. The van der Waals surface area contributed by atoms with Crippen LogP contribution in [0.25, 0.3) is 0 Å². The van der Waals surface area contributed by atoms with E-state index < -0.39 is 10.0 Å². The molecule has 2 heterocycles. The normalized spacial score (nSPS) is 11.6. The lowest BCUT2D eigenvalue weighted by molar-refractivity contribution is 0.581. The molecule has 0 aromatic carbocycles. The highest BCUT2D eigenvalue weighted by Crippen LogP contribution is 2.22. The van der Waals surface area contributed by atoms with Crippen LogP contribution in [-0.2, 0) is 16.6 Å². The Balaban J connectivity index is 2.12. The Morgan fingerprint density at radius 1 is 1.41 bits per heavy atom. The van der Waals surface area contributed by atoms with E-state index in [1.807, 2.05) is 11.4 Å². The van der Waals surface area contributed by atoms with Crippen molar-refractivity contribution in [3.05, 3.63) is 45.3 Å². The molecule has 0 radical (unpaired) electrons. The molecule has 2 aromatic rings. The number of hydrogen-bond acceptors (Lipinski definition) is 4. The lowest BCUT2D eigenvalue weighted by Gasteiger charge is -2.05. The Kier molecular flexibility index (Phi) is 3.93. The Bertz CT molecular complexity index is 596. The van der Waals surface area contributed by atoms with Gasteiger partial charge in [0.05, 0.1) is 0 Å². The summed E-state index contributed by atoms with van der Waals surface area (Å²) in [6.45, 7) is 0.273. The molecule has 2 aromatic heterocycles. The Morgan fingerprint density at radius 3 is 2.82 bits per heavy atom. The van der Waals surface area contributed by atoms with Crippen LogP contribution in [0.1, 0.15) is 4.88 Å². The predicted molar refractivity (Wildman–Crippen MR) is 70.3 cm³/mol. The molecule has 0 amide bonds. The molecular weight excluding hydrogens is 324 g/mol. The maximum absolute atomic E-state index is 11.9. The molecule has 0 unspecified atom stereocenters. The van der Waals surface area contributed by atoms with Gasteiger partial charge in [0.15, 0.2) is 0 Å². The first-order valence-electron chi connectivity index (χ1n) is 4.71. The fraction of sp³-hybridized carbons (Fsp3) is 0.100. The molecule has 0 saturated heterocycles. The van der Waals surface area contributed by atoms with Gasteiger partial charge in [-0.05, 0) is 39.5 Å². The van der Waals surface area contributed by atoms with Crippen LogP contribution in [-0.4, -0.2) is 13.4 Å². The van der Waals surface area contributed by atoms with E-state index in [9.17, 15) is 8.42 Å². The molecule has 0 atom stereocenters. The molecule has 1 N–H and O–H groups in total. The van der Waals surface area contributed by atoms with Crippen molar-refractivity contribution in [1.29, 1.82) is 0 Å². The summed E-state index contributed by atoms with van der Waals surface area (Å²) >= 11 is 4.85. The Morgan fingerprint density at radius 2 is 2.24 bits per heavy atom. The Labute approximate surface area is 112 Å². The van der Waals surface area contributed by atoms with Gasteiger partial charge >= 0.3 is 0 Å².